The number of hydrogen-bond acceptors (Lipinski definition) is 5. The van der Waals surface area contributed by atoms with Gasteiger partial charge >= 0.3 is 173 Å². The second kappa shape index (κ2) is 8.56. The molecule has 5 nitrogen and oxygen atoms in total. The molecule has 0 saturated carbocycles. The van der Waals surface area contributed by atoms with Gasteiger partial charge in [0.15, 0.2) is 0 Å². The first-order valence-electron chi connectivity index (χ1n) is 9.71. The molecule has 0 aliphatic heterocycles. The maximum absolute atomic E-state index is 5.29. The molecule has 1 atom stereocenters. The van der Waals surface area contributed by atoms with E-state index in [1.165, 1.54) is 5.56 Å². The number of nitrogens with zero attached hydrogens (tertiary/aromatic N) is 3. The van der Waals surface area contributed by atoms with E-state index in [1.807, 2.05) is 31.3 Å². The number of ether oxygens (including phenoxy) is 1. The zero-order valence-corrected chi connectivity index (χ0v) is 17.7. The van der Waals surface area contributed by atoms with Gasteiger partial charge in [0.2, 0.25) is 0 Å². The number of rotatable bonds is 7. The summed E-state index contributed by atoms with van der Waals surface area (Å²) in [5.74, 6) is 1.77. The van der Waals surface area contributed by atoms with Crippen molar-refractivity contribution in [1.29, 1.82) is 0 Å². The van der Waals surface area contributed by atoms with Gasteiger partial charge in [0.25, 0.3) is 0 Å². The van der Waals surface area contributed by atoms with Gasteiger partial charge in [-0.1, -0.05) is 0 Å². The normalized spacial score (nSPS) is 13.0. The van der Waals surface area contributed by atoms with Crippen LogP contribution in [0, 0.1) is 12.8 Å². The molecule has 3 aromatic rings. The molecule has 0 aliphatic rings. The van der Waals surface area contributed by atoms with Crippen LogP contribution in [0.1, 0.15) is 32.0 Å². The van der Waals surface area contributed by atoms with Crippen molar-refractivity contribution in [2.45, 2.75) is 33.1 Å². The third kappa shape index (κ3) is 4.37. The quantitative estimate of drug-likeness (QED) is 0.624. The van der Waals surface area contributed by atoms with E-state index in [0.717, 1.165) is 28.2 Å². The summed E-state index contributed by atoms with van der Waals surface area (Å²) in [6.45, 7) is 8.53. The number of pyridine rings is 1. The number of benzene rings is 1. The molecule has 0 spiro atoms. The first-order valence-corrected chi connectivity index (χ1v) is 9.71. The van der Waals surface area contributed by atoms with Crippen LogP contribution in [0.2, 0.25) is 0 Å². The molecule has 0 saturated heterocycles. The molecule has 0 bridgehead atoms. The fraction of sp³-hybridized carbons (Fsp3) is 0.304. The Kier molecular flexibility index (Phi) is 6.11. The van der Waals surface area contributed by atoms with E-state index in [4.69, 9.17) is 4.74 Å². The van der Waals surface area contributed by atoms with Crippen LogP contribution in [-0.4, -0.2) is 35.4 Å². The topological polar surface area (TPSA) is 59.9 Å². The molecular formula is C23H27BN4O. The van der Waals surface area contributed by atoms with Crippen molar-refractivity contribution in [2.24, 2.45) is 5.92 Å². The molecule has 2 heterocycles. The van der Waals surface area contributed by atoms with E-state index in [1.54, 1.807) is 13.3 Å². The number of hydrogen-bond donors (Lipinski definition) is 1. The van der Waals surface area contributed by atoms with Crippen LogP contribution in [0.5, 0.6) is 5.75 Å². The van der Waals surface area contributed by atoms with Crippen LogP contribution in [0.3, 0.4) is 0 Å². The van der Waals surface area contributed by atoms with Gasteiger partial charge in [0.1, 0.15) is 0 Å². The van der Waals surface area contributed by atoms with Crippen molar-refractivity contribution >= 4 is 18.9 Å². The van der Waals surface area contributed by atoms with Crippen molar-refractivity contribution in [3.05, 3.63) is 66.1 Å². The summed E-state index contributed by atoms with van der Waals surface area (Å²) >= 11 is 0. The third-order valence-corrected chi connectivity index (χ3v) is 5.63. The molecular weight excluding hydrogens is 359 g/mol. The first kappa shape index (κ1) is 20.7. The fourth-order valence-corrected chi connectivity index (χ4v) is 3.30. The summed E-state index contributed by atoms with van der Waals surface area (Å²) in [4.78, 5) is 4.25. The van der Waals surface area contributed by atoms with Crippen LogP contribution < -0.4 is 10.1 Å². The Bertz CT molecular complexity index is 987. The van der Waals surface area contributed by atoms with Crippen molar-refractivity contribution in [3.8, 4) is 16.9 Å². The molecule has 0 radical (unpaired) electrons. The van der Waals surface area contributed by atoms with Gasteiger partial charge in [-0.2, -0.15) is 0 Å². The van der Waals surface area contributed by atoms with Gasteiger partial charge in [-0.15, -0.1) is 0 Å². The average molecular weight is 386 g/mol. The van der Waals surface area contributed by atoms with E-state index in [9.17, 15) is 0 Å². The minimum absolute atomic E-state index is 0.280. The monoisotopic (exact) mass is 386 g/mol. The molecule has 1 N–H and O–H groups in total. The number of aromatic nitrogens is 3. The summed E-state index contributed by atoms with van der Waals surface area (Å²) in [6, 6.07) is 14.4. The first-order chi connectivity index (χ1) is 13.8. The molecule has 29 heavy (non-hydrogen) atoms. The van der Waals surface area contributed by atoms with Crippen LogP contribution >= 0.6 is 0 Å². The van der Waals surface area contributed by atoms with E-state index >= 15 is 0 Å². The summed E-state index contributed by atoms with van der Waals surface area (Å²) in [6.07, 6.45) is 3.55. The predicted octanol–water partition coefficient (Wildman–Crippen LogP) is 3.91. The molecule has 3 rings (SSSR count). The molecule has 0 aliphatic carbocycles. The van der Waals surface area contributed by atoms with Crippen molar-refractivity contribution in [1.82, 2.24) is 15.2 Å². The Hall–Kier alpha value is -3.02. The third-order valence-electron chi connectivity index (χ3n) is 5.63. The van der Waals surface area contributed by atoms with Gasteiger partial charge in [-0.3, -0.25) is 0 Å². The van der Waals surface area contributed by atoms with E-state index in [0.29, 0.717) is 11.7 Å². The molecule has 1 unspecified atom stereocenters. The Morgan fingerprint density at radius 2 is 1.76 bits per heavy atom. The predicted molar refractivity (Wildman–Crippen MR) is 121 cm³/mol. The van der Waals surface area contributed by atoms with Crippen molar-refractivity contribution in [3.63, 3.8) is 0 Å². The zero-order valence-electron chi connectivity index (χ0n) is 17.7. The van der Waals surface area contributed by atoms with Gasteiger partial charge in [0, 0.05) is 0 Å². The van der Waals surface area contributed by atoms with Gasteiger partial charge < -0.3 is 0 Å². The maximum atomic E-state index is 5.29. The van der Waals surface area contributed by atoms with Crippen molar-refractivity contribution < 1.29 is 4.74 Å². The number of anilines is 1. The number of aryl methyl sites for hydroxylation is 1. The second-order valence-electron chi connectivity index (χ2n) is 7.71. The standard InChI is InChI=1S/C23H27BN4O/c1-15(2)23(4,22(24)26-21-11-6-16(3)27-28-21)19-9-7-17(8-10-19)18-12-20(29-5)14-25-13-18/h6-15,24H,1-5H3,(H,26,28). The SMILES string of the molecule is B=C(Nc1ccc(C)nn1)C(C)(c1ccc(-c2cncc(OC)c2)cc1)C(C)C. The Labute approximate surface area is 173 Å². The van der Waals surface area contributed by atoms with Crippen LogP contribution in [0.4, 0.5) is 5.82 Å². The van der Waals surface area contributed by atoms with E-state index < -0.39 is 0 Å². The Morgan fingerprint density at radius 3 is 2.34 bits per heavy atom. The van der Waals surface area contributed by atoms with E-state index in [-0.39, 0.29) is 5.41 Å². The van der Waals surface area contributed by atoms with E-state index in [2.05, 4.69) is 73.0 Å². The molecule has 0 amide bonds. The molecule has 1 aromatic carbocycles. The van der Waals surface area contributed by atoms with Gasteiger partial charge in [-0.25, -0.2) is 0 Å². The number of methoxy groups -OCH3 is 1. The van der Waals surface area contributed by atoms with Gasteiger partial charge in [0.05, 0.1) is 0 Å². The zero-order chi connectivity index (χ0) is 21.0. The summed E-state index contributed by atoms with van der Waals surface area (Å²) in [5, 5.41) is 11.7. The Morgan fingerprint density at radius 1 is 1.03 bits per heavy atom. The van der Waals surface area contributed by atoms with Crippen LogP contribution in [0.25, 0.3) is 11.1 Å². The van der Waals surface area contributed by atoms with Gasteiger partial charge in [-0.05, 0) is 0 Å². The number of nitrogens with one attached hydrogen (secondary N) is 1. The molecule has 2 aromatic heterocycles. The summed E-state index contributed by atoms with van der Waals surface area (Å²) in [5.41, 5.74) is 4.79. The summed E-state index contributed by atoms with van der Waals surface area (Å²) < 4.78 is 5.29. The fourth-order valence-electron chi connectivity index (χ4n) is 3.30. The molecule has 148 valence electrons. The summed E-state index contributed by atoms with van der Waals surface area (Å²) in [7, 11) is 5.99. The van der Waals surface area contributed by atoms with Crippen LogP contribution in [-0.2, 0) is 5.41 Å². The molecule has 0 fully saturated rings. The van der Waals surface area contributed by atoms with Crippen molar-refractivity contribution in [2.75, 3.05) is 12.4 Å². The van der Waals surface area contributed by atoms with Crippen LogP contribution in [0.15, 0.2) is 54.9 Å². The average Bonchev–Trinajstić information content (AvgIpc) is 2.74. The molecule has 6 heteroatoms. The second-order valence-corrected chi connectivity index (χ2v) is 7.71. The minimum atomic E-state index is -0.280. The Balaban J connectivity index is 1.89.